The topological polar surface area (TPSA) is 34.9 Å². The Labute approximate surface area is 76.3 Å². The van der Waals surface area contributed by atoms with E-state index >= 15 is 0 Å². The van der Waals surface area contributed by atoms with Crippen LogP contribution in [0.3, 0.4) is 0 Å². The summed E-state index contributed by atoms with van der Waals surface area (Å²) in [5, 5.41) is 0. The fourth-order valence-electron chi connectivity index (χ4n) is 1.16. The van der Waals surface area contributed by atoms with Crippen LogP contribution in [0.4, 0.5) is 0 Å². The Morgan fingerprint density at radius 2 is 1.92 bits per heavy atom. The summed E-state index contributed by atoms with van der Waals surface area (Å²) in [6, 6.07) is 0. The molecule has 0 unspecified atom stereocenters. The Morgan fingerprint density at radius 3 is 2.33 bits per heavy atom. The molecule has 0 radical (unpaired) electrons. The summed E-state index contributed by atoms with van der Waals surface area (Å²) in [5.41, 5.74) is -0.000810. The normalized spacial score (nSPS) is 11.7. The summed E-state index contributed by atoms with van der Waals surface area (Å²) >= 11 is -2.12. The summed E-state index contributed by atoms with van der Waals surface area (Å²) in [6.45, 7) is 0. The van der Waals surface area contributed by atoms with Crippen molar-refractivity contribution in [3.63, 3.8) is 0 Å². The molecule has 0 fully saturated rings. The molecule has 0 amide bonds. The van der Waals surface area contributed by atoms with Crippen LogP contribution in [-0.4, -0.2) is 27.9 Å². The maximum absolute atomic E-state index is 11.2. The average Bonchev–Trinajstić information content (AvgIpc) is 1.92. The van der Waals surface area contributed by atoms with Gasteiger partial charge in [0, 0.05) is 0 Å². The molecule has 0 aliphatic rings. The Balaban J connectivity index is 3.36. The number of aromatic nitrogens is 2. The molecule has 66 valence electrons. The molecule has 0 bridgehead atoms. The molecule has 0 saturated heterocycles. The van der Waals surface area contributed by atoms with Crippen molar-refractivity contribution in [3.05, 3.63) is 22.7 Å². The van der Waals surface area contributed by atoms with Crippen molar-refractivity contribution in [3.8, 4) is 0 Å². The van der Waals surface area contributed by atoms with Gasteiger partial charge in [0.25, 0.3) is 0 Å². The molecule has 0 aromatic carbocycles. The van der Waals surface area contributed by atoms with Crippen LogP contribution in [0.15, 0.2) is 17.2 Å². The first-order chi connectivity index (χ1) is 5.43. The Morgan fingerprint density at radius 1 is 1.33 bits per heavy atom. The third-order valence-electron chi connectivity index (χ3n) is 1.84. The molecule has 1 rings (SSSR count). The van der Waals surface area contributed by atoms with Crippen LogP contribution in [0.5, 0.6) is 0 Å². The molecular weight excluding hydrogens is 259 g/mol. The number of nitrogens with zero attached hydrogens (tertiary/aromatic N) is 2. The summed E-state index contributed by atoms with van der Waals surface area (Å²) in [5.74, 6) is 0. The summed E-state index contributed by atoms with van der Waals surface area (Å²) < 4.78 is 2.89. The van der Waals surface area contributed by atoms with Crippen LogP contribution in [-0.2, 0) is 7.05 Å². The minimum atomic E-state index is -2.12. The zero-order valence-electron chi connectivity index (χ0n) is 7.96. The second-order valence-corrected chi connectivity index (χ2v) is 18.2. The first kappa shape index (κ1) is 9.76. The predicted molar refractivity (Wildman–Crippen MR) is 52.5 cm³/mol. The van der Waals surface area contributed by atoms with Crippen molar-refractivity contribution in [1.29, 1.82) is 0 Å². The van der Waals surface area contributed by atoms with E-state index in [9.17, 15) is 4.79 Å². The van der Waals surface area contributed by atoms with E-state index in [1.807, 2.05) is 13.2 Å². The van der Waals surface area contributed by atoms with Gasteiger partial charge in [-0.2, -0.15) is 0 Å². The molecule has 12 heavy (non-hydrogen) atoms. The monoisotopic (exact) mass is 274 g/mol. The van der Waals surface area contributed by atoms with Crippen LogP contribution in [0, 0.1) is 0 Å². The van der Waals surface area contributed by atoms with Crippen molar-refractivity contribution in [2.75, 3.05) is 0 Å². The van der Waals surface area contributed by atoms with Crippen LogP contribution >= 0.6 is 0 Å². The Hall–Kier alpha value is -0.321. The van der Waals surface area contributed by atoms with E-state index in [1.54, 1.807) is 4.57 Å². The Kier molecular flexibility index (Phi) is 2.60. The van der Waals surface area contributed by atoms with Gasteiger partial charge in [0.1, 0.15) is 0 Å². The second-order valence-electron chi connectivity index (χ2n) is 3.94. The van der Waals surface area contributed by atoms with E-state index in [4.69, 9.17) is 0 Å². The van der Waals surface area contributed by atoms with Crippen molar-refractivity contribution >= 4 is 22.1 Å². The minimum absolute atomic E-state index is 0.000810. The van der Waals surface area contributed by atoms with Crippen molar-refractivity contribution in [1.82, 2.24) is 9.55 Å². The van der Waals surface area contributed by atoms with Crippen molar-refractivity contribution in [2.24, 2.45) is 7.05 Å². The molecule has 1 aromatic heterocycles. The first-order valence-electron chi connectivity index (χ1n) is 3.94. The molecule has 0 aliphatic carbocycles. The van der Waals surface area contributed by atoms with Crippen LogP contribution < -0.4 is 9.27 Å². The van der Waals surface area contributed by atoms with Gasteiger partial charge in [-0.3, -0.25) is 0 Å². The molecule has 1 heterocycles. The molecule has 3 nitrogen and oxygen atoms in total. The van der Waals surface area contributed by atoms with E-state index in [1.165, 1.54) is 6.20 Å². The molecule has 1 aromatic rings. The quantitative estimate of drug-likeness (QED) is 0.691. The van der Waals surface area contributed by atoms with Gasteiger partial charge in [0.2, 0.25) is 0 Å². The summed E-state index contributed by atoms with van der Waals surface area (Å²) in [7, 11) is 1.82. The van der Waals surface area contributed by atoms with Gasteiger partial charge in [0.05, 0.1) is 0 Å². The summed E-state index contributed by atoms with van der Waals surface area (Å²) in [4.78, 5) is 22.0. The van der Waals surface area contributed by atoms with E-state index < -0.39 is 18.4 Å². The fourth-order valence-corrected chi connectivity index (χ4v) is 5.66. The number of hydrogen-bond acceptors (Lipinski definition) is 2. The standard InChI is InChI=1S/C5H5N2O.3CH3.Sn/c1-7-3-2-6-4-5(7)8;;;;/h2,4H,1H3;3*1H3;. The van der Waals surface area contributed by atoms with E-state index in [0.29, 0.717) is 0 Å². The van der Waals surface area contributed by atoms with Gasteiger partial charge >= 0.3 is 76.3 Å². The van der Waals surface area contributed by atoms with Crippen molar-refractivity contribution < 1.29 is 0 Å². The molecule has 0 N–H and O–H groups in total. The van der Waals surface area contributed by atoms with Gasteiger partial charge in [-0.1, -0.05) is 0 Å². The van der Waals surface area contributed by atoms with Gasteiger partial charge < -0.3 is 0 Å². The van der Waals surface area contributed by atoms with Gasteiger partial charge in [-0.25, -0.2) is 0 Å². The van der Waals surface area contributed by atoms with Crippen molar-refractivity contribution in [2.45, 2.75) is 14.8 Å². The van der Waals surface area contributed by atoms with E-state index in [2.05, 4.69) is 19.8 Å². The number of rotatable bonds is 1. The maximum atomic E-state index is 11.2. The average molecular weight is 273 g/mol. The van der Waals surface area contributed by atoms with E-state index in [-0.39, 0.29) is 5.56 Å². The molecular formula is C8H14N2OSn. The Bertz CT molecular complexity index is 338. The second kappa shape index (κ2) is 3.20. The number of hydrogen-bond donors (Lipinski definition) is 0. The molecule has 0 spiro atoms. The molecule has 0 atom stereocenters. The molecule has 0 saturated carbocycles. The van der Waals surface area contributed by atoms with Gasteiger partial charge in [-0.05, 0) is 0 Å². The zero-order valence-corrected chi connectivity index (χ0v) is 10.8. The van der Waals surface area contributed by atoms with Gasteiger partial charge in [0.15, 0.2) is 0 Å². The van der Waals surface area contributed by atoms with E-state index in [0.717, 1.165) is 3.71 Å². The third kappa shape index (κ3) is 1.88. The molecule has 4 heteroatoms. The summed E-state index contributed by atoms with van der Waals surface area (Å²) in [6.07, 6.45) is 3.19. The van der Waals surface area contributed by atoms with Crippen LogP contribution in [0.2, 0.25) is 14.8 Å². The van der Waals surface area contributed by atoms with Crippen LogP contribution in [0.25, 0.3) is 0 Å². The van der Waals surface area contributed by atoms with Gasteiger partial charge in [-0.15, -0.1) is 0 Å². The molecule has 0 aliphatic heterocycles. The fraction of sp³-hybridized carbons (Fsp3) is 0.500. The predicted octanol–water partition coefficient (Wildman–Crippen LogP) is 0.326. The zero-order chi connectivity index (χ0) is 9.35. The third-order valence-corrected chi connectivity index (χ3v) is 7.55. The van der Waals surface area contributed by atoms with Crippen LogP contribution in [0.1, 0.15) is 0 Å². The first-order valence-corrected chi connectivity index (χ1v) is 13.9. The SMILES string of the molecule is Cn1[c]([Sn]([CH3])([CH3])[CH3])cncc1=O.